The van der Waals surface area contributed by atoms with Gasteiger partial charge in [0.25, 0.3) is 0 Å². The van der Waals surface area contributed by atoms with Crippen LogP contribution in [0.5, 0.6) is 5.75 Å². The average molecular weight is 211 g/mol. The molecule has 84 valence electrons. The average Bonchev–Trinajstić information content (AvgIpc) is 2.25. The van der Waals surface area contributed by atoms with Crippen molar-refractivity contribution in [2.45, 2.75) is 26.3 Å². The van der Waals surface area contributed by atoms with Crippen molar-refractivity contribution in [1.29, 1.82) is 0 Å². The fraction of sp³-hybridized carbons (Fsp3) is 0.500. The Kier molecular flexibility index (Phi) is 4.56. The van der Waals surface area contributed by atoms with Crippen molar-refractivity contribution in [2.24, 2.45) is 11.7 Å². The minimum absolute atomic E-state index is 0.00160. The molecule has 1 aromatic carbocycles. The molecule has 0 aliphatic rings. The predicted octanol–water partition coefficient (Wildman–Crippen LogP) is 2.58. The Hall–Kier alpha value is -1.09. The van der Waals surface area contributed by atoms with Gasteiger partial charge in [-0.15, -0.1) is 0 Å². The van der Waals surface area contributed by atoms with E-state index in [-0.39, 0.29) is 11.9 Å². The van der Waals surface area contributed by atoms with Crippen LogP contribution < -0.4 is 10.5 Å². The molecule has 0 radical (unpaired) electrons. The molecule has 0 fully saturated rings. The van der Waals surface area contributed by atoms with E-state index < -0.39 is 0 Å². The largest absolute Gasteiger partial charge is 0.492 e. The Labute approximate surface area is 90.2 Å². The number of hydrogen-bond acceptors (Lipinski definition) is 2. The lowest BCUT2D eigenvalue weighted by Crippen LogP contribution is -2.34. The molecule has 2 atom stereocenters. The number of ether oxygens (including phenoxy) is 1. The van der Waals surface area contributed by atoms with Crippen LogP contribution in [0.15, 0.2) is 24.3 Å². The Morgan fingerprint density at radius 2 is 2.20 bits per heavy atom. The summed E-state index contributed by atoms with van der Waals surface area (Å²) in [6.45, 7) is 4.60. The summed E-state index contributed by atoms with van der Waals surface area (Å²) in [6, 6.07) is 6.11. The zero-order chi connectivity index (χ0) is 11.3. The molecule has 0 saturated carbocycles. The third-order valence-corrected chi connectivity index (χ3v) is 2.61. The number of halogens is 1. The highest BCUT2D eigenvalue weighted by molar-refractivity contribution is 5.22. The lowest BCUT2D eigenvalue weighted by molar-refractivity contribution is 0.249. The molecule has 0 saturated heterocycles. The first kappa shape index (κ1) is 12.0. The summed E-state index contributed by atoms with van der Waals surface area (Å²) in [5.74, 6) is 0.664. The van der Waals surface area contributed by atoms with Crippen molar-refractivity contribution in [3.8, 4) is 5.75 Å². The molecule has 2 N–H and O–H groups in total. The number of nitrogens with two attached hydrogens (primary N) is 1. The normalized spacial score (nSPS) is 14.7. The maximum absolute atomic E-state index is 12.8. The van der Waals surface area contributed by atoms with Crippen LogP contribution in [0, 0.1) is 11.7 Å². The molecule has 0 unspecified atom stereocenters. The van der Waals surface area contributed by atoms with Crippen LogP contribution >= 0.6 is 0 Å². The lowest BCUT2D eigenvalue weighted by Gasteiger charge is -2.18. The van der Waals surface area contributed by atoms with Crippen LogP contribution in [0.3, 0.4) is 0 Å². The summed E-state index contributed by atoms with van der Waals surface area (Å²) >= 11 is 0. The van der Waals surface area contributed by atoms with E-state index in [0.29, 0.717) is 18.3 Å². The van der Waals surface area contributed by atoms with E-state index >= 15 is 0 Å². The lowest BCUT2D eigenvalue weighted by atomic mass is 10.0. The summed E-state index contributed by atoms with van der Waals surface area (Å²) in [4.78, 5) is 0. The van der Waals surface area contributed by atoms with Crippen molar-refractivity contribution >= 4 is 0 Å². The number of rotatable bonds is 5. The van der Waals surface area contributed by atoms with Crippen molar-refractivity contribution in [3.63, 3.8) is 0 Å². The van der Waals surface area contributed by atoms with E-state index in [1.54, 1.807) is 12.1 Å². The molecular weight excluding hydrogens is 193 g/mol. The van der Waals surface area contributed by atoms with Crippen LogP contribution in [0.1, 0.15) is 20.3 Å². The minimum Gasteiger partial charge on any atom is -0.492 e. The molecular formula is C12H18FNO. The first-order chi connectivity index (χ1) is 7.13. The van der Waals surface area contributed by atoms with E-state index in [2.05, 4.69) is 13.8 Å². The molecule has 0 spiro atoms. The van der Waals surface area contributed by atoms with E-state index in [4.69, 9.17) is 10.5 Å². The highest BCUT2D eigenvalue weighted by Gasteiger charge is 2.11. The highest BCUT2D eigenvalue weighted by atomic mass is 19.1. The molecule has 0 amide bonds. The summed E-state index contributed by atoms with van der Waals surface area (Å²) in [5.41, 5.74) is 5.89. The van der Waals surface area contributed by atoms with Crippen LogP contribution in [-0.2, 0) is 0 Å². The van der Waals surface area contributed by atoms with Crippen LogP contribution in [0.25, 0.3) is 0 Å². The molecule has 2 nitrogen and oxygen atoms in total. The molecule has 15 heavy (non-hydrogen) atoms. The molecule has 0 heterocycles. The second-order valence-electron chi connectivity index (χ2n) is 3.82. The SMILES string of the molecule is CC[C@@H](C)[C@@H](N)COc1cccc(F)c1. The summed E-state index contributed by atoms with van der Waals surface area (Å²) < 4.78 is 18.2. The Balaban J connectivity index is 2.43. The second kappa shape index (κ2) is 5.71. The Morgan fingerprint density at radius 1 is 1.47 bits per heavy atom. The third-order valence-electron chi connectivity index (χ3n) is 2.61. The summed E-state index contributed by atoms with van der Waals surface area (Å²) in [7, 11) is 0. The Bertz CT molecular complexity index is 303. The van der Waals surface area contributed by atoms with Crippen LogP contribution in [0.2, 0.25) is 0 Å². The maximum Gasteiger partial charge on any atom is 0.126 e. The number of benzene rings is 1. The van der Waals surface area contributed by atoms with Crippen molar-refractivity contribution < 1.29 is 9.13 Å². The zero-order valence-corrected chi connectivity index (χ0v) is 9.24. The third kappa shape index (κ3) is 3.88. The van der Waals surface area contributed by atoms with Crippen molar-refractivity contribution in [2.75, 3.05) is 6.61 Å². The first-order valence-corrected chi connectivity index (χ1v) is 5.27. The van der Waals surface area contributed by atoms with E-state index in [9.17, 15) is 4.39 Å². The topological polar surface area (TPSA) is 35.2 Å². The molecule has 0 aliphatic carbocycles. The van der Waals surface area contributed by atoms with Gasteiger partial charge in [0.1, 0.15) is 18.2 Å². The quantitative estimate of drug-likeness (QED) is 0.812. The fourth-order valence-corrected chi connectivity index (χ4v) is 1.22. The van der Waals surface area contributed by atoms with Gasteiger partial charge in [0.2, 0.25) is 0 Å². The van der Waals surface area contributed by atoms with Gasteiger partial charge in [-0.25, -0.2) is 4.39 Å². The minimum atomic E-state index is -0.287. The standard InChI is InChI=1S/C12H18FNO/c1-3-9(2)12(14)8-15-11-6-4-5-10(13)7-11/h4-7,9,12H,3,8,14H2,1-2H3/t9-,12+/m1/s1. The smallest absolute Gasteiger partial charge is 0.126 e. The highest BCUT2D eigenvalue weighted by Crippen LogP contribution is 2.13. The van der Waals surface area contributed by atoms with E-state index in [0.717, 1.165) is 6.42 Å². The Morgan fingerprint density at radius 3 is 2.80 bits per heavy atom. The van der Waals surface area contributed by atoms with Gasteiger partial charge in [-0.3, -0.25) is 0 Å². The van der Waals surface area contributed by atoms with Crippen molar-refractivity contribution in [1.82, 2.24) is 0 Å². The molecule has 1 aromatic rings. The van der Waals surface area contributed by atoms with Gasteiger partial charge >= 0.3 is 0 Å². The monoisotopic (exact) mass is 211 g/mol. The molecule has 0 bridgehead atoms. The fourth-order valence-electron chi connectivity index (χ4n) is 1.22. The summed E-state index contributed by atoms with van der Waals surface area (Å²) in [6.07, 6.45) is 1.02. The van der Waals surface area contributed by atoms with Crippen molar-refractivity contribution in [3.05, 3.63) is 30.1 Å². The molecule has 0 aliphatic heterocycles. The van der Waals surface area contributed by atoms with Gasteiger partial charge in [0.15, 0.2) is 0 Å². The number of hydrogen-bond donors (Lipinski definition) is 1. The van der Waals surface area contributed by atoms with E-state index in [1.165, 1.54) is 12.1 Å². The van der Waals surface area contributed by atoms with Gasteiger partial charge in [0.05, 0.1) is 0 Å². The maximum atomic E-state index is 12.8. The van der Waals surface area contributed by atoms with Gasteiger partial charge in [-0.05, 0) is 18.1 Å². The van der Waals surface area contributed by atoms with Gasteiger partial charge in [-0.2, -0.15) is 0 Å². The second-order valence-corrected chi connectivity index (χ2v) is 3.82. The first-order valence-electron chi connectivity index (χ1n) is 5.27. The van der Waals surface area contributed by atoms with E-state index in [1.807, 2.05) is 0 Å². The molecule has 1 rings (SSSR count). The van der Waals surface area contributed by atoms with Gasteiger partial charge in [0, 0.05) is 12.1 Å². The van der Waals surface area contributed by atoms with Gasteiger partial charge < -0.3 is 10.5 Å². The molecule has 0 aromatic heterocycles. The molecule has 3 heteroatoms. The summed E-state index contributed by atoms with van der Waals surface area (Å²) in [5, 5.41) is 0. The zero-order valence-electron chi connectivity index (χ0n) is 9.24. The van der Waals surface area contributed by atoms with Crippen LogP contribution in [-0.4, -0.2) is 12.6 Å². The van der Waals surface area contributed by atoms with Crippen LogP contribution in [0.4, 0.5) is 4.39 Å². The predicted molar refractivity (Wildman–Crippen MR) is 59.3 cm³/mol. The van der Waals surface area contributed by atoms with Gasteiger partial charge in [-0.1, -0.05) is 26.3 Å².